The van der Waals surface area contributed by atoms with Crippen molar-refractivity contribution in [1.82, 2.24) is 0 Å². The summed E-state index contributed by atoms with van der Waals surface area (Å²) < 4.78 is 60.1. The average molecular weight is 1870 g/mol. The summed E-state index contributed by atoms with van der Waals surface area (Å²) in [5.74, 6) is -1.37. The number of aliphatic hydroxyl groups is 1. The van der Waals surface area contributed by atoms with Crippen molar-refractivity contribution >= 4 is 138 Å². The first-order valence-electron chi connectivity index (χ1n) is 41.8. The van der Waals surface area contributed by atoms with Crippen LogP contribution in [0.5, 0.6) is 28.7 Å². The second-order valence-electron chi connectivity index (χ2n) is 32.3. The van der Waals surface area contributed by atoms with Gasteiger partial charge >= 0.3 is 37.0 Å². The van der Waals surface area contributed by atoms with Crippen molar-refractivity contribution in [1.29, 1.82) is 0 Å². The first-order valence-corrected chi connectivity index (χ1v) is 46.7. The van der Waals surface area contributed by atoms with Crippen LogP contribution < -0.4 is 29.1 Å². The van der Waals surface area contributed by atoms with Gasteiger partial charge in [-0.15, -0.1) is 56.7 Å². The SMILES string of the molecule is C=C(C(=O)OC)c1c(C)sc(C)c1-c1ccc2c(c1)CCCO2.CC1(C)OB(c2ccc3c(c2)CCCO3)OC1(C)C.CCOC(=O)C(=O)c1c(C)sc(C)c1Br.COC(=O)C(=O)c1c(C)sc(C)c1-c1ccc2c(c1)CCCO2.COC(=O)C(C)(O)c1c(C)sc(C)c1-c1ccc2c(c1)CCCO2.Cc1sc(C)c(-c2ccc3c(c2)CCCO3)c1C(=O)C(=O)O. The number of carboxylic acids is 1. The van der Waals surface area contributed by atoms with Crippen molar-refractivity contribution in [3.05, 3.63) is 206 Å². The molecule has 0 bridgehead atoms. The Hall–Kier alpha value is -9.88. The number of rotatable bonds is 16. The van der Waals surface area contributed by atoms with Gasteiger partial charge < -0.3 is 62.2 Å². The van der Waals surface area contributed by atoms with E-state index in [0.29, 0.717) is 32.3 Å². The van der Waals surface area contributed by atoms with E-state index >= 15 is 0 Å². The Labute approximate surface area is 765 Å². The molecule has 21 nitrogen and oxygen atoms in total. The molecule has 666 valence electrons. The number of benzene rings is 5. The van der Waals surface area contributed by atoms with E-state index in [9.17, 15) is 43.5 Å². The summed E-state index contributed by atoms with van der Waals surface area (Å²) >= 11 is 11.0. The van der Waals surface area contributed by atoms with Gasteiger partial charge in [0, 0.05) is 86.6 Å². The average Bonchev–Trinajstić information content (AvgIpc) is 1.58. The molecule has 6 aliphatic rings. The lowest BCUT2D eigenvalue weighted by Gasteiger charge is -2.32. The number of esters is 4. The van der Waals surface area contributed by atoms with Crippen LogP contribution in [0.3, 0.4) is 0 Å². The molecule has 1 saturated heterocycles. The van der Waals surface area contributed by atoms with Crippen LogP contribution in [0.25, 0.3) is 50.1 Å². The van der Waals surface area contributed by atoms with Crippen LogP contribution in [0, 0.1) is 69.2 Å². The summed E-state index contributed by atoms with van der Waals surface area (Å²) in [5, 5.41) is 19.9. The number of thiophene rings is 5. The third-order valence-corrected chi connectivity index (χ3v) is 29.3. The predicted molar refractivity (Wildman–Crippen MR) is 502 cm³/mol. The van der Waals surface area contributed by atoms with Crippen molar-refractivity contribution in [3.63, 3.8) is 0 Å². The number of hydrogen-bond acceptors (Lipinski definition) is 25. The van der Waals surface area contributed by atoms with E-state index in [4.69, 9.17) is 47.6 Å². The van der Waals surface area contributed by atoms with Gasteiger partial charge in [-0.2, -0.15) is 0 Å². The molecule has 0 amide bonds. The van der Waals surface area contributed by atoms with Crippen molar-refractivity contribution in [2.24, 2.45) is 0 Å². The highest BCUT2D eigenvalue weighted by molar-refractivity contribution is 9.10. The van der Waals surface area contributed by atoms with Gasteiger partial charge in [0.2, 0.25) is 0 Å². The normalized spacial score (nSPS) is 15.0. The van der Waals surface area contributed by atoms with Crippen LogP contribution in [-0.2, 0) is 89.9 Å². The van der Waals surface area contributed by atoms with Crippen molar-refractivity contribution in [3.8, 4) is 73.3 Å². The summed E-state index contributed by atoms with van der Waals surface area (Å²) in [6, 6.07) is 30.4. The van der Waals surface area contributed by atoms with Crippen LogP contribution >= 0.6 is 72.6 Å². The Kier molecular flexibility index (Phi) is 31.9. The van der Waals surface area contributed by atoms with Crippen LogP contribution in [0.4, 0.5) is 0 Å². The molecule has 0 saturated carbocycles. The van der Waals surface area contributed by atoms with E-state index in [1.807, 2.05) is 116 Å². The number of aliphatic carboxylic acids is 1. The third-order valence-electron chi connectivity index (χ3n) is 23.0. The van der Waals surface area contributed by atoms with Crippen LogP contribution in [0.1, 0.15) is 192 Å². The van der Waals surface area contributed by atoms with E-state index in [1.165, 1.54) is 83.8 Å². The minimum absolute atomic E-state index is 0.213. The van der Waals surface area contributed by atoms with Gasteiger partial charge in [0.05, 0.1) is 94.4 Å². The lowest BCUT2D eigenvalue weighted by molar-refractivity contribution is -0.161. The van der Waals surface area contributed by atoms with E-state index in [1.54, 1.807) is 36.5 Å². The largest absolute Gasteiger partial charge is 0.494 e. The number of aryl methyl sites for hydroxylation is 15. The van der Waals surface area contributed by atoms with E-state index < -0.39 is 46.8 Å². The molecule has 16 rings (SSSR count). The molecule has 126 heavy (non-hydrogen) atoms. The zero-order chi connectivity index (χ0) is 91.7. The van der Waals surface area contributed by atoms with Gasteiger partial charge in [-0.05, 0) is 301 Å². The van der Waals surface area contributed by atoms with Crippen LogP contribution in [-0.4, -0.2) is 137 Å². The summed E-state index contributed by atoms with van der Waals surface area (Å²) in [6.07, 6.45) is 10.1. The Morgan fingerprint density at radius 1 is 0.429 bits per heavy atom. The zero-order valence-corrected chi connectivity index (χ0v) is 80.5. The highest BCUT2D eigenvalue weighted by atomic mass is 79.9. The summed E-state index contributed by atoms with van der Waals surface area (Å²) in [5.41, 5.74) is 15.4. The fourth-order valence-electron chi connectivity index (χ4n) is 16.2. The number of carboxylic acid groups (broad SMARTS) is 1. The number of Topliss-reactive ketones (excluding diaryl/α,β-unsaturated/α-hetero) is 3. The molecule has 10 aromatic rings. The second kappa shape index (κ2) is 41.5. The summed E-state index contributed by atoms with van der Waals surface area (Å²) in [6.45, 7) is 38.8. The van der Waals surface area contributed by atoms with Gasteiger partial charge in [0.15, 0.2) is 5.60 Å². The molecule has 28 heteroatoms. The zero-order valence-electron chi connectivity index (χ0n) is 74.8. The monoisotopic (exact) mass is 1870 g/mol. The molecule has 1 unspecified atom stereocenters. The molecule has 1 fully saturated rings. The number of fused-ring (bicyclic) bond motifs is 5. The van der Waals surface area contributed by atoms with Gasteiger partial charge in [-0.3, -0.25) is 14.4 Å². The Morgan fingerprint density at radius 2 is 0.754 bits per heavy atom. The second-order valence-corrected chi connectivity index (χ2v) is 40.2. The first-order chi connectivity index (χ1) is 59.8. The van der Waals surface area contributed by atoms with Crippen molar-refractivity contribution in [2.75, 3.05) is 61.0 Å². The van der Waals surface area contributed by atoms with Crippen LogP contribution in [0.2, 0.25) is 0 Å². The highest BCUT2D eigenvalue weighted by Gasteiger charge is 2.52. The number of halogens is 1. The number of hydrogen-bond donors (Lipinski definition) is 2. The minimum atomic E-state index is -1.68. The number of methoxy groups -OCH3 is 3. The molecule has 0 radical (unpaired) electrons. The Balaban J connectivity index is 0.000000148. The Bertz CT molecular complexity index is 5700. The quantitative estimate of drug-likeness (QED) is 0.0227. The summed E-state index contributed by atoms with van der Waals surface area (Å²) in [4.78, 5) is 104. The molecule has 0 aliphatic carbocycles. The van der Waals surface area contributed by atoms with Crippen molar-refractivity contribution < 1.29 is 101 Å². The van der Waals surface area contributed by atoms with E-state index in [0.717, 1.165) is 237 Å². The minimum Gasteiger partial charge on any atom is -0.493 e. The topological polar surface area (TPSA) is 279 Å². The lowest BCUT2D eigenvalue weighted by atomic mass is 9.78. The highest BCUT2D eigenvalue weighted by Crippen LogP contribution is 2.48. The number of carbonyl (C=O) groups excluding carboxylic acids is 7. The maximum absolute atomic E-state index is 12.4. The maximum atomic E-state index is 12.4. The Morgan fingerprint density at radius 3 is 1.12 bits per heavy atom. The van der Waals surface area contributed by atoms with E-state index in [2.05, 4.69) is 96.9 Å². The molecule has 11 heterocycles. The first kappa shape index (κ1) is 96.8. The fraction of sp³-hybridized carbons (Fsp3) is 0.388. The van der Waals surface area contributed by atoms with Gasteiger partial charge in [-0.25, -0.2) is 24.0 Å². The molecule has 5 aromatic heterocycles. The predicted octanol–water partition coefficient (Wildman–Crippen LogP) is 20.8. The van der Waals surface area contributed by atoms with Crippen molar-refractivity contribution in [2.45, 2.75) is 192 Å². The maximum Gasteiger partial charge on any atom is 0.494 e. The molecule has 0 spiro atoms. The van der Waals surface area contributed by atoms with Crippen LogP contribution in [0.15, 0.2) is 102 Å². The van der Waals surface area contributed by atoms with Gasteiger partial charge in [-0.1, -0.05) is 43.0 Å². The fourth-order valence-corrected chi connectivity index (χ4v) is 22.5. The van der Waals surface area contributed by atoms with Gasteiger partial charge in [0.25, 0.3) is 17.3 Å². The molecule has 2 N–H and O–H groups in total. The molecule has 6 aliphatic heterocycles. The smallest absolute Gasteiger partial charge is 0.493 e. The number of carbonyl (C=O) groups is 8. The summed E-state index contributed by atoms with van der Waals surface area (Å²) in [7, 11) is 3.63. The van der Waals surface area contributed by atoms with Gasteiger partial charge in [0.1, 0.15) is 28.7 Å². The molecular formula is C98H108BBrO21S5. The number of ether oxygens (including phenoxy) is 9. The number of ketones is 3. The third kappa shape index (κ3) is 21.3. The molecular weight excluding hydrogens is 1760 g/mol. The van der Waals surface area contributed by atoms with E-state index in [-0.39, 0.29) is 30.9 Å². The molecule has 1 atom stereocenters. The standard InChI is InChI=1S/C19H22O4S.C19H20O3S.C18H18O4S.C17H16O4S.C15H21BO3.C10H11BrO3S/c1-11-16(14-7-8-15-13(10-14)6-5-9-23-15)17(12(2)24-11)19(3,21)18(20)22-4;1-11(19(20)21-4)17-12(2)23-13(3)18(17)15-7-8-16-14(10-15)6-5-9-22-16;1-10-15(16(11(2)23-10)17(19)18(20)21-3)13-6-7-14-12(9-13)5-4-8-22-14;1-9-14(15(10(2)22-9)16(18)17(19)20)12-5-6-13-11(8-12)4-3-7-21-13;1-14(2)15(3,4)19-16(18-14)12-7-8-13-11(10-12)6-5-9-17-13;1-4-14-10(13)9(12)7-5(2)15-6(3)8(7)11/h7-8,10,21H,5-6,9H2,1-4H3;7-8,10H,1,5-6,9H2,2-4H3;6-7,9H,4-5,8H2,1-3H3;5-6,8H,3-4,7H2,1-2H3,(H,19,20);7-8,10H,5-6,9H2,1-4H3;4H2,1-3H3. The lowest BCUT2D eigenvalue weighted by Crippen LogP contribution is -2.41. The molecule has 5 aromatic carbocycles.